The Morgan fingerprint density at radius 3 is 2.77 bits per heavy atom. The number of aromatic nitrogens is 3. The first-order chi connectivity index (χ1) is 10.6. The van der Waals surface area contributed by atoms with Crippen molar-refractivity contribution < 1.29 is 9.18 Å². The highest BCUT2D eigenvalue weighted by atomic mass is 35.5. The molecule has 3 aromatic rings. The van der Waals surface area contributed by atoms with Crippen LogP contribution < -0.4 is 5.32 Å². The highest BCUT2D eigenvalue weighted by Gasteiger charge is 2.11. The van der Waals surface area contributed by atoms with Crippen LogP contribution >= 0.6 is 11.6 Å². The first-order valence-electron chi connectivity index (χ1n) is 6.34. The zero-order chi connectivity index (χ0) is 15.5. The maximum absolute atomic E-state index is 13.0. The van der Waals surface area contributed by atoms with Crippen LogP contribution in [0.3, 0.4) is 0 Å². The van der Waals surface area contributed by atoms with Crippen LogP contribution in [-0.4, -0.2) is 20.4 Å². The van der Waals surface area contributed by atoms with Crippen molar-refractivity contribution in [3.8, 4) is 5.82 Å². The zero-order valence-corrected chi connectivity index (χ0v) is 12.0. The van der Waals surface area contributed by atoms with E-state index in [1.54, 1.807) is 35.4 Å². The topological polar surface area (TPSA) is 59.8 Å². The van der Waals surface area contributed by atoms with E-state index in [9.17, 15) is 9.18 Å². The number of imidazole rings is 1. The van der Waals surface area contributed by atoms with Crippen molar-refractivity contribution in [1.29, 1.82) is 0 Å². The SMILES string of the molecule is O=C(Nc1ccc(-n2ccnc2)nc1)c1ccc(F)cc1Cl. The number of carbonyl (C=O) groups is 1. The molecule has 2 heterocycles. The molecule has 110 valence electrons. The fourth-order valence-electron chi connectivity index (χ4n) is 1.88. The summed E-state index contributed by atoms with van der Waals surface area (Å²) in [5.41, 5.74) is 0.705. The Morgan fingerprint density at radius 2 is 2.14 bits per heavy atom. The van der Waals surface area contributed by atoms with Gasteiger partial charge in [0.05, 0.1) is 22.5 Å². The van der Waals surface area contributed by atoms with Crippen molar-refractivity contribution in [2.45, 2.75) is 0 Å². The predicted molar refractivity (Wildman–Crippen MR) is 80.7 cm³/mol. The van der Waals surface area contributed by atoms with Crippen LogP contribution in [0, 0.1) is 5.82 Å². The molecule has 1 aromatic carbocycles. The van der Waals surface area contributed by atoms with E-state index in [2.05, 4.69) is 15.3 Å². The number of hydrogen-bond donors (Lipinski definition) is 1. The predicted octanol–water partition coefficient (Wildman–Crippen LogP) is 3.31. The molecule has 5 nitrogen and oxygen atoms in total. The van der Waals surface area contributed by atoms with Gasteiger partial charge in [-0.3, -0.25) is 9.36 Å². The van der Waals surface area contributed by atoms with E-state index in [1.165, 1.54) is 18.3 Å². The second-order valence-electron chi connectivity index (χ2n) is 4.45. The molecule has 0 fully saturated rings. The molecule has 0 aliphatic rings. The number of anilines is 1. The summed E-state index contributed by atoms with van der Waals surface area (Å²) in [7, 11) is 0. The number of benzene rings is 1. The fraction of sp³-hybridized carbons (Fsp3) is 0. The highest BCUT2D eigenvalue weighted by Crippen LogP contribution is 2.19. The maximum atomic E-state index is 13.0. The lowest BCUT2D eigenvalue weighted by molar-refractivity contribution is 0.102. The van der Waals surface area contributed by atoms with E-state index in [0.29, 0.717) is 11.5 Å². The Kier molecular flexibility index (Phi) is 3.84. The van der Waals surface area contributed by atoms with Gasteiger partial charge in [-0.1, -0.05) is 11.6 Å². The molecule has 0 atom stereocenters. The molecular formula is C15H10ClFN4O. The molecule has 0 unspecified atom stereocenters. The average molecular weight is 317 g/mol. The lowest BCUT2D eigenvalue weighted by Crippen LogP contribution is -2.13. The maximum Gasteiger partial charge on any atom is 0.257 e. The van der Waals surface area contributed by atoms with Crippen molar-refractivity contribution in [2.75, 3.05) is 5.32 Å². The number of amides is 1. The standard InChI is InChI=1S/C15H10ClFN4O/c16-13-7-10(17)1-3-12(13)15(22)20-11-2-4-14(19-8-11)21-6-5-18-9-21/h1-9H,(H,20,22). The molecule has 0 radical (unpaired) electrons. The van der Waals surface area contributed by atoms with Gasteiger partial charge < -0.3 is 5.32 Å². The van der Waals surface area contributed by atoms with Gasteiger partial charge in [-0.25, -0.2) is 14.4 Å². The molecule has 0 bridgehead atoms. The van der Waals surface area contributed by atoms with Gasteiger partial charge in [-0.05, 0) is 30.3 Å². The summed E-state index contributed by atoms with van der Waals surface area (Å²) in [4.78, 5) is 20.3. The normalized spacial score (nSPS) is 10.5. The third-order valence-electron chi connectivity index (χ3n) is 2.95. The summed E-state index contributed by atoms with van der Waals surface area (Å²) >= 11 is 5.86. The minimum Gasteiger partial charge on any atom is -0.321 e. The minimum absolute atomic E-state index is 0.0560. The summed E-state index contributed by atoms with van der Waals surface area (Å²) in [5.74, 6) is -0.245. The van der Waals surface area contributed by atoms with Gasteiger partial charge in [0.25, 0.3) is 5.91 Å². The third kappa shape index (κ3) is 2.96. The summed E-state index contributed by atoms with van der Waals surface area (Å²) in [6, 6.07) is 7.06. The van der Waals surface area contributed by atoms with Gasteiger partial charge >= 0.3 is 0 Å². The lowest BCUT2D eigenvalue weighted by atomic mass is 10.2. The molecule has 22 heavy (non-hydrogen) atoms. The molecule has 1 N–H and O–H groups in total. The first kappa shape index (κ1) is 14.2. The number of pyridine rings is 1. The molecule has 2 aromatic heterocycles. The number of rotatable bonds is 3. The number of nitrogens with one attached hydrogen (secondary N) is 1. The number of hydrogen-bond acceptors (Lipinski definition) is 3. The van der Waals surface area contributed by atoms with E-state index in [-0.39, 0.29) is 10.6 Å². The molecule has 7 heteroatoms. The van der Waals surface area contributed by atoms with Gasteiger partial charge in [0.1, 0.15) is 18.0 Å². The second kappa shape index (κ2) is 5.95. The highest BCUT2D eigenvalue weighted by molar-refractivity contribution is 6.34. The van der Waals surface area contributed by atoms with E-state index in [1.807, 2.05) is 0 Å². The van der Waals surface area contributed by atoms with Crippen LogP contribution in [-0.2, 0) is 0 Å². The Hall–Kier alpha value is -2.73. The quantitative estimate of drug-likeness (QED) is 0.806. The van der Waals surface area contributed by atoms with Crippen LogP contribution in [0.4, 0.5) is 10.1 Å². The molecular weight excluding hydrogens is 307 g/mol. The van der Waals surface area contributed by atoms with Gasteiger partial charge in [0, 0.05) is 12.4 Å². The zero-order valence-electron chi connectivity index (χ0n) is 11.2. The molecule has 0 spiro atoms. The average Bonchev–Trinajstić information content (AvgIpc) is 3.02. The molecule has 0 saturated carbocycles. The minimum atomic E-state index is -0.493. The van der Waals surface area contributed by atoms with E-state index in [4.69, 9.17) is 11.6 Å². The fourth-order valence-corrected chi connectivity index (χ4v) is 2.13. The summed E-state index contributed by atoms with van der Waals surface area (Å²) in [6.45, 7) is 0. The van der Waals surface area contributed by atoms with Gasteiger partial charge in [-0.15, -0.1) is 0 Å². The van der Waals surface area contributed by atoms with Crippen molar-refractivity contribution in [2.24, 2.45) is 0 Å². The third-order valence-corrected chi connectivity index (χ3v) is 3.26. The smallest absolute Gasteiger partial charge is 0.257 e. The van der Waals surface area contributed by atoms with Crippen LogP contribution in [0.1, 0.15) is 10.4 Å². The van der Waals surface area contributed by atoms with Crippen LogP contribution in [0.5, 0.6) is 0 Å². The second-order valence-corrected chi connectivity index (χ2v) is 4.86. The number of carbonyl (C=O) groups excluding carboxylic acids is 1. The molecule has 0 saturated heterocycles. The van der Waals surface area contributed by atoms with E-state index < -0.39 is 11.7 Å². The number of halogens is 2. The molecule has 3 rings (SSSR count). The van der Waals surface area contributed by atoms with Crippen molar-refractivity contribution in [3.63, 3.8) is 0 Å². The van der Waals surface area contributed by atoms with Crippen LogP contribution in [0.25, 0.3) is 5.82 Å². The van der Waals surface area contributed by atoms with Crippen molar-refractivity contribution in [1.82, 2.24) is 14.5 Å². The van der Waals surface area contributed by atoms with Crippen molar-refractivity contribution in [3.05, 3.63) is 71.7 Å². The first-order valence-corrected chi connectivity index (χ1v) is 6.72. The van der Waals surface area contributed by atoms with Gasteiger partial charge in [0.2, 0.25) is 0 Å². The Morgan fingerprint density at radius 1 is 1.27 bits per heavy atom. The van der Waals surface area contributed by atoms with Gasteiger partial charge in [0.15, 0.2) is 0 Å². The van der Waals surface area contributed by atoms with Crippen molar-refractivity contribution >= 4 is 23.2 Å². The van der Waals surface area contributed by atoms with Crippen LogP contribution in [0.2, 0.25) is 5.02 Å². The summed E-state index contributed by atoms with van der Waals surface area (Å²) < 4.78 is 14.7. The molecule has 0 aliphatic heterocycles. The Bertz CT molecular complexity index is 803. The monoisotopic (exact) mass is 316 g/mol. The Labute approximate surface area is 130 Å². The lowest BCUT2D eigenvalue weighted by Gasteiger charge is -2.07. The molecule has 0 aliphatic carbocycles. The summed E-state index contributed by atoms with van der Waals surface area (Å²) in [5, 5.41) is 2.71. The molecule has 1 amide bonds. The van der Waals surface area contributed by atoms with Gasteiger partial charge in [-0.2, -0.15) is 0 Å². The Balaban J connectivity index is 1.77. The van der Waals surface area contributed by atoms with E-state index in [0.717, 1.165) is 6.07 Å². The van der Waals surface area contributed by atoms with Crippen LogP contribution in [0.15, 0.2) is 55.2 Å². The summed E-state index contributed by atoms with van der Waals surface area (Å²) in [6.07, 6.45) is 6.55. The largest absolute Gasteiger partial charge is 0.321 e. The van der Waals surface area contributed by atoms with E-state index >= 15 is 0 Å². The number of nitrogens with zero attached hydrogens (tertiary/aromatic N) is 3.